The number of hydrogen-bond donors (Lipinski definition) is 1. The number of para-hydroxylation sites is 2. The van der Waals surface area contributed by atoms with Crippen LogP contribution in [-0.2, 0) is 24.3 Å². The van der Waals surface area contributed by atoms with Gasteiger partial charge >= 0.3 is 6.03 Å². The topological polar surface area (TPSA) is 82.9 Å². The molecule has 4 aromatic rings. The van der Waals surface area contributed by atoms with Gasteiger partial charge in [0.05, 0.1) is 23.8 Å². The molecular formula is C32H34FN3O4. The van der Waals surface area contributed by atoms with Crippen LogP contribution in [0.25, 0.3) is 11.0 Å². The van der Waals surface area contributed by atoms with Crippen molar-refractivity contribution in [3.63, 3.8) is 0 Å². The third kappa shape index (κ3) is 7.14. The first-order valence-electron chi connectivity index (χ1n) is 13.4. The molecule has 8 heteroatoms. The van der Waals surface area contributed by atoms with Gasteiger partial charge in [-0.25, -0.2) is 9.18 Å². The highest BCUT2D eigenvalue weighted by atomic mass is 19.1. The van der Waals surface area contributed by atoms with Crippen LogP contribution in [0.1, 0.15) is 37.5 Å². The van der Waals surface area contributed by atoms with Gasteiger partial charge < -0.3 is 19.5 Å². The lowest BCUT2D eigenvalue weighted by Gasteiger charge is -2.29. The molecule has 0 radical (unpaired) electrons. The average molecular weight is 544 g/mol. The molecule has 0 unspecified atom stereocenters. The van der Waals surface area contributed by atoms with Gasteiger partial charge in [-0.3, -0.25) is 9.59 Å². The first-order valence-corrected chi connectivity index (χ1v) is 13.4. The normalized spacial score (nSPS) is 11.0. The lowest BCUT2D eigenvalue weighted by atomic mass is 10.1. The highest BCUT2D eigenvalue weighted by molar-refractivity contribution is 5.93. The van der Waals surface area contributed by atoms with Crippen LogP contribution < -0.4 is 10.7 Å². The van der Waals surface area contributed by atoms with Crippen LogP contribution in [0, 0.1) is 11.7 Å². The van der Waals surface area contributed by atoms with Crippen molar-refractivity contribution in [2.24, 2.45) is 5.92 Å². The van der Waals surface area contributed by atoms with Crippen molar-refractivity contribution >= 4 is 28.6 Å². The Kier molecular flexibility index (Phi) is 9.32. The van der Waals surface area contributed by atoms with E-state index in [1.54, 1.807) is 36.4 Å². The van der Waals surface area contributed by atoms with Crippen molar-refractivity contribution in [2.75, 3.05) is 18.4 Å². The predicted octanol–water partition coefficient (Wildman–Crippen LogP) is 6.21. The zero-order chi connectivity index (χ0) is 28.6. The maximum Gasteiger partial charge on any atom is 0.322 e. The van der Waals surface area contributed by atoms with E-state index in [9.17, 15) is 18.8 Å². The van der Waals surface area contributed by atoms with Crippen molar-refractivity contribution in [1.82, 2.24) is 9.80 Å². The Morgan fingerprint density at radius 1 is 0.900 bits per heavy atom. The molecule has 0 aliphatic rings. The Morgan fingerprint density at radius 3 is 2.33 bits per heavy atom. The summed E-state index contributed by atoms with van der Waals surface area (Å²) in [6, 6.07) is 19.9. The minimum absolute atomic E-state index is 0.0286. The molecule has 0 saturated heterocycles. The van der Waals surface area contributed by atoms with E-state index >= 15 is 0 Å². The first-order chi connectivity index (χ1) is 19.2. The predicted molar refractivity (Wildman–Crippen MR) is 154 cm³/mol. The number of nitrogens with zero attached hydrogens (tertiary/aromatic N) is 2. The number of halogens is 1. The van der Waals surface area contributed by atoms with Gasteiger partial charge in [0, 0.05) is 18.8 Å². The third-order valence-electron chi connectivity index (χ3n) is 6.59. The number of carbonyl (C=O) groups excluding carboxylic acids is 2. The first kappa shape index (κ1) is 28.5. The lowest BCUT2D eigenvalue weighted by Crippen LogP contribution is -2.45. The quantitative estimate of drug-likeness (QED) is 0.258. The number of amides is 3. The molecule has 40 heavy (non-hydrogen) atoms. The smallest absolute Gasteiger partial charge is 0.322 e. The standard InChI is InChI=1S/C32H34FN3O4/c1-4-24-9-5-7-11-28(24)34-32(39)36(17-22(2)3)20-30(37)35(18-23-13-15-26(33)16-14-23)19-25-21-40-29-12-8-6-10-27(29)31(25)38/h5-16,21-22H,4,17-20H2,1-3H3,(H,34,39). The van der Waals surface area contributed by atoms with E-state index in [1.165, 1.54) is 28.2 Å². The zero-order valence-electron chi connectivity index (χ0n) is 23.0. The molecule has 0 fully saturated rings. The van der Waals surface area contributed by atoms with Crippen molar-refractivity contribution in [2.45, 2.75) is 40.3 Å². The fourth-order valence-electron chi connectivity index (χ4n) is 4.54. The molecule has 3 aromatic carbocycles. The molecule has 0 aliphatic heterocycles. The average Bonchev–Trinajstić information content (AvgIpc) is 2.95. The van der Waals surface area contributed by atoms with Gasteiger partial charge in [-0.1, -0.05) is 63.2 Å². The summed E-state index contributed by atoms with van der Waals surface area (Å²) in [5.41, 5.74) is 2.93. The summed E-state index contributed by atoms with van der Waals surface area (Å²) in [7, 11) is 0. The second-order valence-electron chi connectivity index (χ2n) is 10.2. The van der Waals surface area contributed by atoms with E-state index in [4.69, 9.17) is 4.42 Å². The second-order valence-corrected chi connectivity index (χ2v) is 10.2. The molecule has 3 amide bonds. The number of carbonyl (C=O) groups is 2. The molecule has 1 N–H and O–H groups in total. The van der Waals surface area contributed by atoms with E-state index in [0.717, 1.165) is 12.0 Å². The molecule has 0 aliphatic carbocycles. The fraction of sp³-hybridized carbons (Fsp3) is 0.281. The minimum atomic E-state index is -0.385. The molecular weight excluding hydrogens is 509 g/mol. The summed E-state index contributed by atoms with van der Waals surface area (Å²) in [5, 5.41) is 3.38. The third-order valence-corrected chi connectivity index (χ3v) is 6.59. The summed E-state index contributed by atoms with van der Waals surface area (Å²) >= 11 is 0. The second kappa shape index (κ2) is 13.1. The van der Waals surface area contributed by atoms with Gasteiger partial charge in [0.1, 0.15) is 17.9 Å². The summed E-state index contributed by atoms with van der Waals surface area (Å²) in [5.74, 6) is -0.626. The monoisotopic (exact) mass is 543 g/mol. The largest absolute Gasteiger partial charge is 0.464 e. The SMILES string of the molecule is CCc1ccccc1NC(=O)N(CC(=O)N(Cc1ccc(F)cc1)Cc1coc2ccccc2c1=O)CC(C)C. The Morgan fingerprint density at radius 2 is 1.60 bits per heavy atom. The van der Waals surface area contributed by atoms with Crippen LogP contribution >= 0.6 is 0 Å². The molecule has 7 nitrogen and oxygen atoms in total. The maximum atomic E-state index is 13.8. The van der Waals surface area contributed by atoms with E-state index in [2.05, 4.69) is 5.32 Å². The summed E-state index contributed by atoms with van der Waals surface area (Å²) < 4.78 is 19.2. The van der Waals surface area contributed by atoms with Crippen LogP contribution in [0.5, 0.6) is 0 Å². The van der Waals surface area contributed by atoms with Crippen molar-refractivity contribution in [1.29, 1.82) is 0 Å². The van der Waals surface area contributed by atoms with Gasteiger partial charge in [0.2, 0.25) is 5.91 Å². The number of nitrogens with one attached hydrogen (secondary N) is 1. The Bertz CT molecular complexity index is 1530. The number of urea groups is 1. The Labute approximate surface area is 233 Å². The molecule has 0 spiro atoms. The minimum Gasteiger partial charge on any atom is -0.464 e. The molecule has 1 aromatic heterocycles. The van der Waals surface area contributed by atoms with Gasteiger partial charge in [0.25, 0.3) is 0 Å². The number of fused-ring (bicyclic) bond motifs is 1. The van der Waals surface area contributed by atoms with Crippen molar-refractivity contribution < 1.29 is 18.4 Å². The summed E-state index contributed by atoms with van der Waals surface area (Å²) in [4.78, 5) is 43.3. The van der Waals surface area contributed by atoms with Gasteiger partial charge in [-0.05, 0) is 53.8 Å². The van der Waals surface area contributed by atoms with Gasteiger partial charge in [0.15, 0.2) is 5.43 Å². The molecule has 1 heterocycles. The molecule has 0 bridgehead atoms. The van der Waals surface area contributed by atoms with E-state index in [1.807, 2.05) is 45.0 Å². The summed E-state index contributed by atoms with van der Waals surface area (Å²) in [6.45, 7) is 6.22. The summed E-state index contributed by atoms with van der Waals surface area (Å²) in [6.07, 6.45) is 2.12. The number of anilines is 1. The number of hydrogen-bond acceptors (Lipinski definition) is 4. The van der Waals surface area contributed by atoms with Gasteiger partial charge in [-0.15, -0.1) is 0 Å². The zero-order valence-corrected chi connectivity index (χ0v) is 23.0. The van der Waals surface area contributed by atoms with E-state index in [-0.39, 0.29) is 48.7 Å². The molecule has 4 rings (SSSR count). The van der Waals surface area contributed by atoms with E-state index < -0.39 is 0 Å². The van der Waals surface area contributed by atoms with Crippen LogP contribution in [0.2, 0.25) is 0 Å². The van der Waals surface area contributed by atoms with Crippen LogP contribution in [-0.4, -0.2) is 34.8 Å². The highest BCUT2D eigenvalue weighted by Gasteiger charge is 2.24. The van der Waals surface area contributed by atoms with Crippen LogP contribution in [0.4, 0.5) is 14.9 Å². The van der Waals surface area contributed by atoms with Gasteiger partial charge in [-0.2, -0.15) is 0 Å². The highest BCUT2D eigenvalue weighted by Crippen LogP contribution is 2.18. The maximum absolute atomic E-state index is 13.8. The Balaban J connectivity index is 1.61. The number of benzene rings is 3. The van der Waals surface area contributed by atoms with Crippen molar-refractivity contribution in [3.8, 4) is 0 Å². The molecule has 208 valence electrons. The number of aryl methyl sites for hydroxylation is 1. The number of rotatable bonds is 10. The van der Waals surface area contributed by atoms with Crippen LogP contribution in [0.15, 0.2) is 88.3 Å². The van der Waals surface area contributed by atoms with Crippen molar-refractivity contribution in [3.05, 3.63) is 112 Å². The lowest BCUT2D eigenvalue weighted by molar-refractivity contribution is -0.133. The van der Waals surface area contributed by atoms with E-state index in [0.29, 0.717) is 34.3 Å². The fourth-order valence-corrected chi connectivity index (χ4v) is 4.54. The van der Waals surface area contributed by atoms with Crippen LogP contribution in [0.3, 0.4) is 0 Å². The Hall–Kier alpha value is -4.46. The molecule has 0 atom stereocenters. The molecule has 0 saturated carbocycles.